The van der Waals surface area contributed by atoms with Crippen molar-refractivity contribution in [3.05, 3.63) is 29.1 Å². The zero-order valence-corrected chi connectivity index (χ0v) is 18.7. The second kappa shape index (κ2) is 13.8. The molecule has 0 saturated heterocycles. The number of hydrogen-bond donors (Lipinski definition) is 1. The Hall–Kier alpha value is -1.43. The minimum absolute atomic E-state index is 0.0567. The van der Waals surface area contributed by atoms with Crippen molar-refractivity contribution in [2.45, 2.75) is 70.9 Å². The predicted molar refractivity (Wildman–Crippen MR) is 111 cm³/mol. The van der Waals surface area contributed by atoms with Gasteiger partial charge in [-0.05, 0) is 12.8 Å². The van der Waals surface area contributed by atoms with E-state index in [0.717, 1.165) is 51.4 Å². The molecule has 0 aliphatic heterocycles. The van der Waals surface area contributed by atoms with Crippen LogP contribution in [0.15, 0.2) is 0 Å². The first-order chi connectivity index (χ1) is 14.2. The third-order valence-corrected chi connectivity index (χ3v) is 7.30. The highest BCUT2D eigenvalue weighted by molar-refractivity contribution is 6.96. The first-order valence-corrected chi connectivity index (χ1v) is 13.4. The Labute approximate surface area is 176 Å². The van der Waals surface area contributed by atoms with Crippen LogP contribution in [0.1, 0.15) is 57.8 Å². The summed E-state index contributed by atoms with van der Waals surface area (Å²) >= 11 is 0. The van der Waals surface area contributed by atoms with Gasteiger partial charge >= 0.3 is 0 Å². The summed E-state index contributed by atoms with van der Waals surface area (Å²) in [5.74, 6) is -6.62. The fourth-order valence-corrected chi connectivity index (χ4v) is 5.15. The van der Waals surface area contributed by atoms with E-state index in [1.807, 2.05) is 0 Å². The highest BCUT2D eigenvalue weighted by atomic mass is 28.3. The highest BCUT2D eigenvalue weighted by Crippen LogP contribution is 2.19. The lowest BCUT2D eigenvalue weighted by Gasteiger charge is -2.18. The normalized spacial score (nSPS) is 11.5. The largest absolute Gasteiger partial charge is 0.394 e. The van der Waals surface area contributed by atoms with Gasteiger partial charge in [-0.1, -0.05) is 51.6 Å². The van der Waals surface area contributed by atoms with Gasteiger partial charge < -0.3 is 9.84 Å². The second-order valence-electron chi connectivity index (χ2n) is 7.79. The van der Waals surface area contributed by atoms with E-state index in [1.54, 1.807) is 0 Å². The lowest BCUT2D eigenvalue weighted by molar-refractivity contribution is 0.0895. The molecule has 8 heteroatoms. The fourth-order valence-electron chi connectivity index (χ4n) is 3.14. The molecule has 0 aliphatic carbocycles. The van der Waals surface area contributed by atoms with E-state index in [2.05, 4.69) is 11.5 Å². The van der Waals surface area contributed by atoms with E-state index in [-0.39, 0.29) is 6.61 Å². The van der Waals surface area contributed by atoms with Gasteiger partial charge in [0.2, 0.25) is 5.82 Å². The third kappa shape index (κ3) is 8.36. The quantitative estimate of drug-likeness (QED) is 0.109. The zero-order valence-electron chi connectivity index (χ0n) is 17.7. The molecule has 1 rings (SSSR count). The number of aliphatic hydroxyl groups excluding tert-OH is 1. The first kappa shape index (κ1) is 26.6. The molecule has 1 aromatic rings. The third-order valence-electron chi connectivity index (χ3n) is 4.81. The molecule has 0 bridgehead atoms. The molecule has 170 valence electrons. The summed E-state index contributed by atoms with van der Waals surface area (Å²) in [7, 11) is -3.14. The average molecular weight is 451 g/mol. The van der Waals surface area contributed by atoms with E-state index in [0.29, 0.717) is 19.6 Å². The molecule has 0 atom stereocenters. The number of halogens is 5. The van der Waals surface area contributed by atoms with Gasteiger partial charge in [-0.25, -0.2) is 22.0 Å². The molecule has 1 aromatic carbocycles. The smallest absolute Gasteiger partial charge is 0.200 e. The van der Waals surface area contributed by atoms with Gasteiger partial charge in [0, 0.05) is 18.2 Å². The number of hydrogen-bond acceptors (Lipinski definition) is 2. The molecule has 0 spiro atoms. The van der Waals surface area contributed by atoms with Crippen LogP contribution in [-0.4, -0.2) is 33.0 Å². The molecule has 2 nitrogen and oxygen atoms in total. The Morgan fingerprint density at radius 3 is 1.70 bits per heavy atom. The predicted octanol–water partition coefficient (Wildman–Crippen LogP) is 5.36. The monoisotopic (exact) mass is 450 g/mol. The van der Waals surface area contributed by atoms with E-state index in [9.17, 15) is 22.0 Å². The minimum atomic E-state index is -3.14. The summed E-state index contributed by atoms with van der Waals surface area (Å²) in [4.78, 5) is 0. The Kier molecular flexibility index (Phi) is 12.2. The van der Waals surface area contributed by atoms with Crippen LogP contribution < -0.4 is 5.19 Å². The SMILES string of the molecule is C[Si](C)(C#CCCCCCCCCCCOCCO)c1c(F)c(F)c(F)c(F)c1F. The summed E-state index contributed by atoms with van der Waals surface area (Å²) in [5.41, 5.74) is 2.80. The standard InChI is InChI=1S/C22H31F5O2Si/c1-30(2,22-20(26)18(24)17(23)19(25)21(22)27)16-12-10-8-6-4-3-5-7-9-11-14-29-15-13-28/h28H,3-11,13-15H2,1-2H3. The van der Waals surface area contributed by atoms with Crippen LogP contribution in [0.2, 0.25) is 13.1 Å². The molecule has 0 heterocycles. The first-order valence-electron chi connectivity index (χ1n) is 10.4. The maximum absolute atomic E-state index is 14.0. The minimum Gasteiger partial charge on any atom is -0.394 e. The number of benzene rings is 1. The van der Waals surface area contributed by atoms with Crippen LogP contribution in [-0.2, 0) is 4.74 Å². The van der Waals surface area contributed by atoms with Gasteiger partial charge in [-0.15, -0.1) is 11.5 Å². The fraction of sp³-hybridized carbons (Fsp3) is 0.636. The van der Waals surface area contributed by atoms with Crippen molar-refractivity contribution in [1.29, 1.82) is 0 Å². The lowest BCUT2D eigenvalue weighted by atomic mass is 10.1. The Morgan fingerprint density at radius 1 is 0.700 bits per heavy atom. The van der Waals surface area contributed by atoms with Crippen LogP contribution in [0.25, 0.3) is 0 Å². The van der Waals surface area contributed by atoms with Crippen LogP contribution in [0, 0.1) is 40.6 Å². The summed E-state index contributed by atoms with van der Waals surface area (Å²) in [6, 6.07) is 0. The topological polar surface area (TPSA) is 29.5 Å². The Bertz CT molecular complexity index is 699. The van der Waals surface area contributed by atoms with Crippen LogP contribution >= 0.6 is 0 Å². The molecule has 0 fully saturated rings. The van der Waals surface area contributed by atoms with Crippen LogP contribution in [0.4, 0.5) is 22.0 Å². The average Bonchev–Trinajstić information content (AvgIpc) is 2.71. The van der Waals surface area contributed by atoms with E-state index in [1.165, 1.54) is 13.1 Å². The number of ether oxygens (including phenoxy) is 1. The molecule has 0 saturated carbocycles. The van der Waals surface area contributed by atoms with E-state index < -0.39 is 42.3 Å². The molecule has 30 heavy (non-hydrogen) atoms. The molecule has 0 unspecified atom stereocenters. The second-order valence-corrected chi connectivity index (χ2v) is 11.8. The zero-order chi connectivity index (χ0) is 22.6. The van der Waals surface area contributed by atoms with Gasteiger partial charge in [-0.2, -0.15) is 0 Å². The number of unbranched alkanes of at least 4 members (excludes halogenated alkanes) is 8. The Morgan fingerprint density at radius 2 is 1.17 bits per heavy atom. The number of rotatable bonds is 13. The molecule has 0 aliphatic rings. The van der Waals surface area contributed by atoms with Gasteiger partial charge in [0.1, 0.15) is 0 Å². The summed E-state index contributed by atoms with van der Waals surface area (Å²) in [5, 5.41) is 7.83. The van der Waals surface area contributed by atoms with Crippen molar-refractivity contribution in [2.24, 2.45) is 0 Å². The number of aliphatic hydroxyl groups is 1. The maximum Gasteiger partial charge on any atom is 0.200 e. The molecular weight excluding hydrogens is 419 g/mol. The van der Waals surface area contributed by atoms with Crippen LogP contribution in [0.3, 0.4) is 0 Å². The van der Waals surface area contributed by atoms with Crippen molar-refractivity contribution in [3.63, 3.8) is 0 Å². The van der Waals surface area contributed by atoms with E-state index >= 15 is 0 Å². The van der Waals surface area contributed by atoms with Crippen molar-refractivity contribution in [3.8, 4) is 11.5 Å². The molecule has 0 aromatic heterocycles. The highest BCUT2D eigenvalue weighted by Gasteiger charge is 2.35. The van der Waals surface area contributed by atoms with Crippen molar-refractivity contribution < 1.29 is 31.8 Å². The van der Waals surface area contributed by atoms with Crippen LogP contribution in [0.5, 0.6) is 0 Å². The van der Waals surface area contributed by atoms with Gasteiger partial charge in [0.05, 0.1) is 13.2 Å². The summed E-state index contributed by atoms with van der Waals surface area (Å²) in [6.45, 7) is 4.09. The lowest BCUT2D eigenvalue weighted by Crippen LogP contribution is -2.46. The van der Waals surface area contributed by atoms with Gasteiger partial charge in [0.25, 0.3) is 0 Å². The van der Waals surface area contributed by atoms with Gasteiger partial charge in [-0.3, -0.25) is 0 Å². The summed E-state index contributed by atoms with van der Waals surface area (Å²) < 4.78 is 73.3. The van der Waals surface area contributed by atoms with Crippen molar-refractivity contribution in [1.82, 2.24) is 0 Å². The Balaban J connectivity index is 2.33. The molecule has 1 N–H and O–H groups in total. The molecule has 0 radical (unpaired) electrons. The molecular formula is C22H31F5O2Si. The van der Waals surface area contributed by atoms with Crippen molar-refractivity contribution in [2.75, 3.05) is 19.8 Å². The molecule has 0 amide bonds. The maximum atomic E-state index is 14.0. The van der Waals surface area contributed by atoms with Crippen molar-refractivity contribution >= 4 is 13.3 Å². The van der Waals surface area contributed by atoms with Gasteiger partial charge in [0.15, 0.2) is 31.3 Å². The van der Waals surface area contributed by atoms with E-state index in [4.69, 9.17) is 9.84 Å². The summed E-state index contributed by atoms with van der Waals surface area (Å²) in [6.07, 6.45) is 8.94.